The van der Waals surface area contributed by atoms with Crippen molar-refractivity contribution < 1.29 is 13.3 Å². The van der Waals surface area contributed by atoms with Gasteiger partial charge in [0.25, 0.3) is 0 Å². The van der Waals surface area contributed by atoms with E-state index in [1.54, 1.807) is 0 Å². The van der Waals surface area contributed by atoms with Crippen molar-refractivity contribution in [3.8, 4) is 0 Å². The minimum absolute atomic E-state index is 0.0509. The third kappa shape index (κ3) is 5.55. The van der Waals surface area contributed by atoms with Gasteiger partial charge in [-0.3, -0.25) is 0 Å². The van der Waals surface area contributed by atoms with Gasteiger partial charge in [0.05, 0.1) is 0 Å². The maximum atomic E-state index is 6.25. The lowest BCUT2D eigenvalue weighted by Gasteiger charge is -2.35. The van der Waals surface area contributed by atoms with Crippen molar-refractivity contribution in [1.29, 1.82) is 0 Å². The molecule has 4 heteroatoms. The van der Waals surface area contributed by atoms with Crippen molar-refractivity contribution in [3.63, 3.8) is 0 Å². The van der Waals surface area contributed by atoms with Gasteiger partial charge in [-0.15, -0.1) is 0 Å². The van der Waals surface area contributed by atoms with Crippen LogP contribution in [0.1, 0.15) is 52.7 Å². The Hall–Kier alpha value is -0.683. The Morgan fingerprint density at radius 1 is 0.667 bits per heavy atom. The van der Waals surface area contributed by atoms with Gasteiger partial charge in [-0.2, -0.15) is 0 Å². The zero-order valence-corrected chi connectivity index (χ0v) is 15.7. The molecule has 0 N–H and O–H groups in total. The fourth-order valence-electron chi connectivity index (χ4n) is 2.37. The molecule has 0 atom stereocenters. The molecule has 0 spiro atoms. The van der Waals surface area contributed by atoms with E-state index in [0.29, 0.717) is 0 Å². The lowest BCUT2D eigenvalue weighted by Crippen LogP contribution is -2.60. The monoisotopic (exact) mass is 310 g/mol. The molecule has 0 unspecified atom stereocenters. The summed E-state index contributed by atoms with van der Waals surface area (Å²) in [4.78, 5) is 0. The molecule has 0 saturated heterocycles. The van der Waals surface area contributed by atoms with Crippen LogP contribution in [0.2, 0.25) is 0 Å². The normalized spacial score (nSPS) is 12.7. The summed E-state index contributed by atoms with van der Waals surface area (Å²) in [6, 6.07) is 6.42. The molecule has 120 valence electrons. The van der Waals surface area contributed by atoms with Crippen molar-refractivity contribution in [2.24, 2.45) is 0 Å². The molecule has 0 aliphatic rings. The molecular weight excluding hydrogens is 280 g/mol. The average Bonchev–Trinajstić information content (AvgIpc) is 2.24. The van der Waals surface area contributed by atoms with Gasteiger partial charge < -0.3 is 13.3 Å². The molecule has 0 aliphatic carbocycles. The number of rotatable bonds is 7. The Balaban J connectivity index is 3.36. The zero-order valence-electron chi connectivity index (χ0n) is 14.7. The SMILES string of the molecule is Cc1cc(C)cc([Si](OC(C)C)(OC(C)C)OC(C)C)c1. The topological polar surface area (TPSA) is 27.7 Å². The van der Waals surface area contributed by atoms with Crippen LogP contribution in [-0.2, 0) is 13.3 Å². The van der Waals surface area contributed by atoms with Crippen LogP contribution in [0.4, 0.5) is 0 Å². The fourth-order valence-corrected chi connectivity index (χ4v) is 5.62. The van der Waals surface area contributed by atoms with Crippen LogP contribution in [0.25, 0.3) is 0 Å². The number of hydrogen-bond donors (Lipinski definition) is 0. The van der Waals surface area contributed by atoms with E-state index in [0.717, 1.165) is 5.19 Å². The van der Waals surface area contributed by atoms with Crippen molar-refractivity contribution in [3.05, 3.63) is 29.3 Å². The summed E-state index contributed by atoms with van der Waals surface area (Å²) in [7, 11) is -2.92. The molecule has 3 nitrogen and oxygen atoms in total. The van der Waals surface area contributed by atoms with E-state index in [2.05, 4.69) is 32.0 Å². The molecular formula is C17H30O3Si. The van der Waals surface area contributed by atoms with Gasteiger partial charge in [-0.05, 0) is 55.4 Å². The quantitative estimate of drug-likeness (QED) is 0.718. The summed E-state index contributed by atoms with van der Waals surface area (Å²) in [6.45, 7) is 16.3. The Bertz CT molecular complexity index is 409. The molecule has 1 rings (SSSR count). The third-order valence-electron chi connectivity index (χ3n) is 2.75. The summed E-state index contributed by atoms with van der Waals surface area (Å²) in [6.07, 6.45) is 0.153. The molecule has 0 radical (unpaired) electrons. The van der Waals surface area contributed by atoms with Crippen LogP contribution in [0.3, 0.4) is 0 Å². The van der Waals surface area contributed by atoms with E-state index in [1.807, 2.05) is 41.5 Å². The van der Waals surface area contributed by atoms with E-state index < -0.39 is 8.80 Å². The first-order chi connectivity index (χ1) is 9.64. The van der Waals surface area contributed by atoms with Gasteiger partial charge in [0.1, 0.15) is 0 Å². The highest BCUT2D eigenvalue weighted by Crippen LogP contribution is 2.19. The largest absolute Gasteiger partial charge is 0.537 e. The summed E-state index contributed by atoms with van der Waals surface area (Å²) in [5, 5.41) is 1.05. The van der Waals surface area contributed by atoms with Crippen molar-refractivity contribution in [2.45, 2.75) is 73.7 Å². The first-order valence-electron chi connectivity index (χ1n) is 7.77. The molecule has 0 aliphatic heterocycles. The number of benzene rings is 1. The zero-order chi connectivity index (χ0) is 16.2. The molecule has 0 bridgehead atoms. The van der Waals surface area contributed by atoms with Gasteiger partial charge in [0.2, 0.25) is 0 Å². The lowest BCUT2D eigenvalue weighted by atomic mass is 10.2. The Morgan fingerprint density at radius 2 is 1.00 bits per heavy atom. The molecule has 0 saturated carbocycles. The highest BCUT2D eigenvalue weighted by molar-refractivity contribution is 6.75. The minimum Gasteiger partial charge on any atom is -0.367 e. The molecule has 1 aromatic carbocycles. The molecule has 1 aromatic rings. The molecule has 0 fully saturated rings. The number of hydrogen-bond acceptors (Lipinski definition) is 3. The van der Waals surface area contributed by atoms with Gasteiger partial charge >= 0.3 is 8.80 Å². The van der Waals surface area contributed by atoms with Crippen molar-refractivity contribution >= 4 is 14.0 Å². The number of aryl methyl sites for hydroxylation is 2. The smallest absolute Gasteiger partial charge is 0.367 e. The molecule has 0 amide bonds. The molecule has 0 heterocycles. The first kappa shape index (κ1) is 18.4. The van der Waals surface area contributed by atoms with E-state index >= 15 is 0 Å². The standard InChI is InChI=1S/C17H30O3Si/c1-12(2)18-21(19-13(3)4,20-14(5)6)17-10-15(7)9-16(8)11-17/h9-14H,1-8H3. The Labute approximate surface area is 131 Å². The minimum atomic E-state index is -2.92. The van der Waals surface area contributed by atoms with Crippen molar-refractivity contribution in [2.75, 3.05) is 0 Å². The predicted octanol–water partition coefficient (Wildman–Crippen LogP) is 3.72. The van der Waals surface area contributed by atoms with E-state index in [9.17, 15) is 0 Å². The fraction of sp³-hybridized carbons (Fsp3) is 0.647. The van der Waals surface area contributed by atoms with Crippen LogP contribution >= 0.6 is 0 Å². The summed E-state index contributed by atoms with van der Waals surface area (Å²) in [5.41, 5.74) is 2.41. The lowest BCUT2D eigenvalue weighted by molar-refractivity contribution is 0.0153. The predicted molar refractivity (Wildman–Crippen MR) is 90.0 cm³/mol. The van der Waals surface area contributed by atoms with E-state index in [1.165, 1.54) is 11.1 Å². The van der Waals surface area contributed by atoms with Crippen LogP contribution in [0.5, 0.6) is 0 Å². The van der Waals surface area contributed by atoms with Gasteiger partial charge in [-0.25, -0.2) is 0 Å². The average molecular weight is 311 g/mol. The van der Waals surface area contributed by atoms with Gasteiger partial charge in [0, 0.05) is 23.5 Å². The summed E-state index contributed by atoms with van der Waals surface area (Å²) < 4.78 is 18.8. The van der Waals surface area contributed by atoms with Gasteiger partial charge in [-0.1, -0.05) is 29.3 Å². The van der Waals surface area contributed by atoms with Crippen LogP contribution < -0.4 is 5.19 Å². The van der Waals surface area contributed by atoms with Gasteiger partial charge in [0.15, 0.2) is 0 Å². The molecule has 0 aromatic heterocycles. The first-order valence-corrected chi connectivity index (χ1v) is 9.49. The van der Waals surface area contributed by atoms with Crippen LogP contribution in [0.15, 0.2) is 18.2 Å². The maximum absolute atomic E-state index is 6.25. The van der Waals surface area contributed by atoms with E-state index in [-0.39, 0.29) is 18.3 Å². The molecule has 21 heavy (non-hydrogen) atoms. The van der Waals surface area contributed by atoms with Crippen LogP contribution in [-0.4, -0.2) is 27.1 Å². The second-order valence-corrected chi connectivity index (χ2v) is 8.83. The second kappa shape index (κ2) is 7.54. The Morgan fingerprint density at radius 3 is 1.29 bits per heavy atom. The van der Waals surface area contributed by atoms with Crippen molar-refractivity contribution in [1.82, 2.24) is 0 Å². The Kier molecular flexibility index (Phi) is 6.59. The maximum Gasteiger partial charge on any atom is 0.537 e. The summed E-state index contributed by atoms with van der Waals surface area (Å²) in [5.74, 6) is 0. The highest BCUT2D eigenvalue weighted by atomic mass is 28.4. The van der Waals surface area contributed by atoms with E-state index in [4.69, 9.17) is 13.3 Å². The third-order valence-corrected chi connectivity index (χ3v) is 6.09. The highest BCUT2D eigenvalue weighted by Gasteiger charge is 2.46. The van der Waals surface area contributed by atoms with Crippen LogP contribution in [0, 0.1) is 13.8 Å². The summed E-state index contributed by atoms with van der Waals surface area (Å²) >= 11 is 0. The second-order valence-electron chi connectivity index (χ2n) is 6.43.